The van der Waals surface area contributed by atoms with E-state index in [-0.39, 0.29) is 5.54 Å². The highest BCUT2D eigenvalue weighted by atomic mass is 15.3. The van der Waals surface area contributed by atoms with Gasteiger partial charge in [-0.05, 0) is 43.9 Å². The third kappa shape index (κ3) is 2.33. The first-order valence-electron chi connectivity index (χ1n) is 7.89. The molecule has 1 atom stereocenters. The molecule has 3 heteroatoms. The third-order valence-corrected chi connectivity index (χ3v) is 5.22. The summed E-state index contributed by atoms with van der Waals surface area (Å²) in [6, 6.07) is 8.91. The molecule has 2 aliphatic heterocycles. The first-order chi connectivity index (χ1) is 9.64. The average molecular weight is 273 g/mol. The first kappa shape index (κ1) is 13.9. The minimum atomic E-state index is 0.164. The number of rotatable bonds is 2. The number of para-hydroxylation sites is 1. The van der Waals surface area contributed by atoms with Crippen molar-refractivity contribution >= 4 is 5.69 Å². The zero-order valence-electron chi connectivity index (χ0n) is 12.8. The van der Waals surface area contributed by atoms with E-state index in [1.807, 2.05) is 0 Å². The molecule has 0 aromatic heterocycles. The molecule has 20 heavy (non-hydrogen) atoms. The van der Waals surface area contributed by atoms with Crippen LogP contribution >= 0.6 is 0 Å². The molecule has 2 N–H and O–H groups in total. The van der Waals surface area contributed by atoms with Gasteiger partial charge >= 0.3 is 0 Å². The molecule has 0 radical (unpaired) electrons. The van der Waals surface area contributed by atoms with Gasteiger partial charge in [-0.2, -0.15) is 0 Å². The molecule has 1 saturated heterocycles. The SMILES string of the molecule is CC1Cc2ccccc2N(C2(CN)CCN(C)CC2)C1. The summed E-state index contributed by atoms with van der Waals surface area (Å²) < 4.78 is 0. The highest BCUT2D eigenvalue weighted by molar-refractivity contribution is 5.58. The van der Waals surface area contributed by atoms with Crippen LogP contribution in [0.3, 0.4) is 0 Å². The Morgan fingerprint density at radius 2 is 1.95 bits per heavy atom. The minimum absolute atomic E-state index is 0.164. The van der Waals surface area contributed by atoms with Crippen LogP contribution < -0.4 is 10.6 Å². The summed E-state index contributed by atoms with van der Waals surface area (Å²) >= 11 is 0. The Kier molecular flexibility index (Phi) is 3.74. The van der Waals surface area contributed by atoms with E-state index in [1.165, 1.54) is 30.5 Å². The first-order valence-corrected chi connectivity index (χ1v) is 7.89. The lowest BCUT2D eigenvalue weighted by atomic mass is 9.81. The predicted molar refractivity (Wildman–Crippen MR) is 85.2 cm³/mol. The molecule has 0 saturated carbocycles. The summed E-state index contributed by atoms with van der Waals surface area (Å²) in [5.74, 6) is 0.716. The number of benzene rings is 1. The lowest BCUT2D eigenvalue weighted by Crippen LogP contribution is -2.61. The van der Waals surface area contributed by atoms with Gasteiger partial charge in [0.25, 0.3) is 0 Å². The monoisotopic (exact) mass is 273 g/mol. The molecule has 0 spiro atoms. The molecule has 0 aliphatic carbocycles. The largest absolute Gasteiger partial charge is 0.364 e. The summed E-state index contributed by atoms with van der Waals surface area (Å²) in [4.78, 5) is 5.07. The number of anilines is 1. The summed E-state index contributed by atoms with van der Waals surface area (Å²) in [5.41, 5.74) is 9.35. The van der Waals surface area contributed by atoms with Gasteiger partial charge in [-0.3, -0.25) is 0 Å². The lowest BCUT2D eigenvalue weighted by Gasteiger charge is -2.52. The van der Waals surface area contributed by atoms with Crippen LogP contribution in [0, 0.1) is 5.92 Å². The normalized spacial score (nSPS) is 26.4. The van der Waals surface area contributed by atoms with Crippen molar-refractivity contribution in [3.05, 3.63) is 29.8 Å². The number of piperidine rings is 1. The highest BCUT2D eigenvalue weighted by Gasteiger charge is 2.40. The van der Waals surface area contributed by atoms with Crippen LogP contribution in [0.25, 0.3) is 0 Å². The number of nitrogens with zero attached hydrogens (tertiary/aromatic N) is 2. The van der Waals surface area contributed by atoms with E-state index >= 15 is 0 Å². The van der Waals surface area contributed by atoms with Crippen LogP contribution in [0.1, 0.15) is 25.3 Å². The van der Waals surface area contributed by atoms with Crippen LogP contribution in [-0.2, 0) is 6.42 Å². The molecule has 0 amide bonds. The van der Waals surface area contributed by atoms with E-state index in [4.69, 9.17) is 5.73 Å². The minimum Gasteiger partial charge on any atom is -0.364 e. The van der Waals surface area contributed by atoms with E-state index in [0.29, 0.717) is 5.92 Å². The zero-order valence-corrected chi connectivity index (χ0v) is 12.8. The molecule has 0 bridgehead atoms. The Bertz CT molecular complexity index is 463. The van der Waals surface area contributed by atoms with Gasteiger partial charge in [0, 0.05) is 31.9 Å². The summed E-state index contributed by atoms with van der Waals surface area (Å²) in [6.07, 6.45) is 3.56. The number of likely N-dealkylation sites (tertiary alicyclic amines) is 1. The van der Waals surface area contributed by atoms with Crippen molar-refractivity contribution in [1.82, 2.24) is 4.90 Å². The Morgan fingerprint density at radius 3 is 2.65 bits per heavy atom. The van der Waals surface area contributed by atoms with Gasteiger partial charge in [-0.1, -0.05) is 25.1 Å². The molecule has 2 aliphatic rings. The van der Waals surface area contributed by atoms with Gasteiger partial charge in [0.2, 0.25) is 0 Å². The Balaban J connectivity index is 1.96. The van der Waals surface area contributed by atoms with Crippen LogP contribution in [0.4, 0.5) is 5.69 Å². The van der Waals surface area contributed by atoms with E-state index in [9.17, 15) is 0 Å². The highest BCUT2D eigenvalue weighted by Crippen LogP contribution is 2.38. The van der Waals surface area contributed by atoms with E-state index in [1.54, 1.807) is 0 Å². The summed E-state index contributed by atoms with van der Waals surface area (Å²) in [5, 5.41) is 0. The predicted octanol–water partition coefficient (Wildman–Crippen LogP) is 2.11. The smallest absolute Gasteiger partial charge is 0.0548 e. The van der Waals surface area contributed by atoms with Crippen molar-refractivity contribution in [1.29, 1.82) is 0 Å². The van der Waals surface area contributed by atoms with Crippen LogP contribution in [0.5, 0.6) is 0 Å². The van der Waals surface area contributed by atoms with Crippen molar-refractivity contribution in [2.75, 3.05) is 38.1 Å². The number of nitrogens with two attached hydrogens (primary N) is 1. The molecule has 1 fully saturated rings. The van der Waals surface area contributed by atoms with Crippen LogP contribution in [-0.4, -0.2) is 43.7 Å². The van der Waals surface area contributed by atoms with Crippen molar-refractivity contribution < 1.29 is 0 Å². The number of hydrogen-bond acceptors (Lipinski definition) is 3. The average Bonchev–Trinajstić information content (AvgIpc) is 2.48. The van der Waals surface area contributed by atoms with Gasteiger partial charge in [0.05, 0.1) is 5.54 Å². The summed E-state index contributed by atoms with van der Waals surface area (Å²) in [7, 11) is 2.22. The molecule has 1 aromatic carbocycles. The Labute approximate surface area is 122 Å². The van der Waals surface area contributed by atoms with E-state index < -0.39 is 0 Å². The maximum Gasteiger partial charge on any atom is 0.0548 e. The van der Waals surface area contributed by atoms with E-state index in [2.05, 4.69) is 48.0 Å². The molecule has 3 nitrogen and oxygen atoms in total. The molecular formula is C17H27N3. The molecule has 3 rings (SSSR count). The maximum atomic E-state index is 6.26. The quantitative estimate of drug-likeness (QED) is 0.896. The molecule has 2 heterocycles. The second-order valence-electron chi connectivity index (χ2n) is 6.78. The van der Waals surface area contributed by atoms with Gasteiger partial charge in [0.1, 0.15) is 0 Å². The fraction of sp³-hybridized carbons (Fsp3) is 0.647. The standard InChI is InChI=1S/C17H27N3/c1-14-11-15-5-3-4-6-16(15)20(12-14)17(13-18)7-9-19(2)10-8-17/h3-6,14H,7-13,18H2,1-2H3. The maximum absolute atomic E-state index is 6.26. The topological polar surface area (TPSA) is 32.5 Å². The molecular weight excluding hydrogens is 246 g/mol. The van der Waals surface area contributed by atoms with Gasteiger partial charge < -0.3 is 15.5 Å². The van der Waals surface area contributed by atoms with Crippen LogP contribution in [0.15, 0.2) is 24.3 Å². The molecule has 1 unspecified atom stereocenters. The van der Waals surface area contributed by atoms with Crippen molar-refractivity contribution in [3.63, 3.8) is 0 Å². The third-order valence-electron chi connectivity index (χ3n) is 5.22. The van der Waals surface area contributed by atoms with Crippen molar-refractivity contribution in [2.45, 2.75) is 31.7 Å². The molecule has 1 aromatic rings. The molecule has 110 valence electrons. The van der Waals surface area contributed by atoms with Crippen LogP contribution in [0.2, 0.25) is 0 Å². The van der Waals surface area contributed by atoms with Gasteiger partial charge in [0.15, 0.2) is 0 Å². The van der Waals surface area contributed by atoms with E-state index in [0.717, 1.165) is 26.2 Å². The fourth-order valence-electron chi connectivity index (χ4n) is 3.86. The Morgan fingerprint density at radius 1 is 1.25 bits per heavy atom. The lowest BCUT2D eigenvalue weighted by molar-refractivity contribution is 0.180. The zero-order chi connectivity index (χ0) is 14.2. The van der Waals surface area contributed by atoms with Gasteiger partial charge in [-0.15, -0.1) is 0 Å². The Hall–Kier alpha value is -1.06. The fourth-order valence-corrected chi connectivity index (χ4v) is 3.86. The summed E-state index contributed by atoms with van der Waals surface area (Å²) in [6.45, 7) is 6.59. The second-order valence-corrected chi connectivity index (χ2v) is 6.78. The number of hydrogen-bond donors (Lipinski definition) is 1. The van der Waals surface area contributed by atoms with Gasteiger partial charge in [-0.25, -0.2) is 0 Å². The van der Waals surface area contributed by atoms with Crippen molar-refractivity contribution in [3.8, 4) is 0 Å². The second kappa shape index (κ2) is 5.38. The van der Waals surface area contributed by atoms with Crippen molar-refractivity contribution in [2.24, 2.45) is 11.7 Å². The number of fused-ring (bicyclic) bond motifs is 1.